The molecule has 4 aromatic rings. The van der Waals surface area contributed by atoms with Gasteiger partial charge in [0, 0.05) is 19.6 Å². The van der Waals surface area contributed by atoms with E-state index in [0.717, 1.165) is 23.6 Å². The Balaban J connectivity index is 1.35. The topological polar surface area (TPSA) is 111 Å². The minimum atomic E-state index is -0.341. The van der Waals surface area contributed by atoms with E-state index in [1.165, 1.54) is 6.33 Å². The number of aliphatic hydroxyl groups is 1. The fraction of sp³-hybridized carbons (Fsp3) is 0.348. The highest BCUT2D eigenvalue weighted by Crippen LogP contribution is 2.27. The van der Waals surface area contributed by atoms with Crippen LogP contribution < -0.4 is 10.1 Å². The van der Waals surface area contributed by atoms with Crippen molar-refractivity contribution >= 4 is 17.0 Å². The zero-order valence-corrected chi connectivity index (χ0v) is 18.3. The first kappa shape index (κ1) is 21.4. The fourth-order valence-electron chi connectivity index (χ4n) is 4.04. The van der Waals surface area contributed by atoms with Crippen LogP contribution in [0.2, 0.25) is 0 Å². The molecule has 0 spiro atoms. The number of ether oxygens (including phenoxy) is 2. The van der Waals surface area contributed by atoms with E-state index < -0.39 is 0 Å². The molecule has 10 nitrogen and oxygen atoms in total. The first-order chi connectivity index (χ1) is 16.2. The van der Waals surface area contributed by atoms with Gasteiger partial charge in [-0.2, -0.15) is 0 Å². The van der Waals surface area contributed by atoms with E-state index in [1.807, 2.05) is 41.0 Å². The minimum absolute atomic E-state index is 0.0623. The largest absolute Gasteiger partial charge is 0.497 e. The van der Waals surface area contributed by atoms with Gasteiger partial charge in [-0.3, -0.25) is 9.47 Å². The zero-order chi connectivity index (χ0) is 22.6. The van der Waals surface area contributed by atoms with Gasteiger partial charge in [-0.15, -0.1) is 0 Å². The Kier molecular flexibility index (Phi) is 6.20. The van der Waals surface area contributed by atoms with Crippen LogP contribution in [0, 0.1) is 0 Å². The molecule has 3 aromatic heterocycles. The number of methoxy groups -OCH3 is 1. The molecule has 0 unspecified atom stereocenters. The Hall–Kier alpha value is -3.47. The molecule has 2 N–H and O–H groups in total. The molecule has 0 aliphatic carbocycles. The number of rotatable bonds is 8. The van der Waals surface area contributed by atoms with Crippen LogP contribution in [0.25, 0.3) is 11.2 Å². The Morgan fingerprint density at radius 3 is 2.79 bits per heavy atom. The molecular formula is C23H26N6O4. The summed E-state index contributed by atoms with van der Waals surface area (Å²) in [6, 6.07) is 11.7. The summed E-state index contributed by atoms with van der Waals surface area (Å²) in [5.74, 6) is 2.25. The van der Waals surface area contributed by atoms with Gasteiger partial charge in [-0.1, -0.05) is 12.1 Å². The fourth-order valence-corrected chi connectivity index (χ4v) is 4.04. The number of fused-ring (bicyclic) bond motifs is 1. The molecule has 33 heavy (non-hydrogen) atoms. The van der Waals surface area contributed by atoms with Crippen LogP contribution in [-0.4, -0.2) is 62.4 Å². The highest BCUT2D eigenvalue weighted by atomic mass is 16.5. The van der Waals surface area contributed by atoms with E-state index in [2.05, 4.69) is 25.2 Å². The van der Waals surface area contributed by atoms with Crippen molar-refractivity contribution < 1.29 is 19.0 Å². The van der Waals surface area contributed by atoms with E-state index in [0.29, 0.717) is 36.6 Å². The van der Waals surface area contributed by atoms with Crippen LogP contribution in [0.15, 0.2) is 59.7 Å². The maximum absolute atomic E-state index is 9.84. The van der Waals surface area contributed by atoms with Crippen LogP contribution in [0.1, 0.15) is 17.6 Å². The van der Waals surface area contributed by atoms with Crippen molar-refractivity contribution in [2.45, 2.75) is 25.4 Å². The number of nitrogens with zero attached hydrogens (tertiary/aromatic N) is 5. The van der Waals surface area contributed by atoms with Crippen LogP contribution in [-0.2, 0) is 17.8 Å². The second kappa shape index (κ2) is 9.57. The first-order valence-corrected chi connectivity index (χ1v) is 10.8. The summed E-state index contributed by atoms with van der Waals surface area (Å²) < 4.78 is 18.7. The van der Waals surface area contributed by atoms with Gasteiger partial charge in [0.05, 0.1) is 39.0 Å². The number of imidazole rings is 1. The smallest absolute Gasteiger partial charge is 0.167 e. The molecule has 0 saturated carbocycles. The number of morpholine rings is 1. The molecule has 10 heteroatoms. The van der Waals surface area contributed by atoms with Gasteiger partial charge >= 0.3 is 0 Å². The number of hydrogen-bond donors (Lipinski definition) is 2. The molecule has 0 radical (unpaired) electrons. The summed E-state index contributed by atoms with van der Waals surface area (Å²) in [5, 5.41) is 13.1. The number of aromatic nitrogens is 4. The minimum Gasteiger partial charge on any atom is -0.497 e. The van der Waals surface area contributed by atoms with Crippen molar-refractivity contribution in [1.29, 1.82) is 0 Å². The summed E-state index contributed by atoms with van der Waals surface area (Å²) in [6.45, 7) is 2.43. The number of aliphatic hydroxyl groups excluding tert-OH is 1. The molecule has 4 heterocycles. The van der Waals surface area contributed by atoms with Gasteiger partial charge in [-0.25, -0.2) is 15.0 Å². The highest BCUT2D eigenvalue weighted by molar-refractivity contribution is 5.82. The lowest BCUT2D eigenvalue weighted by molar-refractivity contribution is -0.135. The van der Waals surface area contributed by atoms with Crippen molar-refractivity contribution in [3.8, 4) is 5.75 Å². The maximum atomic E-state index is 9.84. The molecule has 1 aromatic carbocycles. The zero-order valence-electron chi connectivity index (χ0n) is 18.3. The van der Waals surface area contributed by atoms with Gasteiger partial charge in [0.15, 0.2) is 17.0 Å². The lowest BCUT2D eigenvalue weighted by atomic mass is 10.1. The molecule has 172 valence electrons. The van der Waals surface area contributed by atoms with E-state index >= 15 is 0 Å². The number of furan rings is 1. The lowest BCUT2D eigenvalue weighted by Crippen LogP contribution is -2.46. The van der Waals surface area contributed by atoms with E-state index in [9.17, 15) is 5.11 Å². The summed E-state index contributed by atoms with van der Waals surface area (Å²) in [7, 11) is 1.66. The van der Waals surface area contributed by atoms with Crippen molar-refractivity contribution in [3.05, 3.63) is 66.6 Å². The highest BCUT2D eigenvalue weighted by Gasteiger charge is 2.30. The molecule has 0 amide bonds. The number of hydrogen-bond acceptors (Lipinski definition) is 9. The summed E-state index contributed by atoms with van der Waals surface area (Å²) in [6.07, 6.45) is 4.21. The third-order valence-corrected chi connectivity index (χ3v) is 5.67. The van der Waals surface area contributed by atoms with Crippen molar-refractivity contribution in [2.75, 3.05) is 32.1 Å². The molecular weight excluding hydrogens is 424 g/mol. The molecule has 0 bridgehead atoms. The van der Waals surface area contributed by atoms with Gasteiger partial charge in [-0.05, 0) is 29.8 Å². The normalized spacial score (nSPS) is 19.1. The predicted octanol–water partition coefficient (Wildman–Crippen LogP) is 2.43. The van der Waals surface area contributed by atoms with Crippen LogP contribution in [0.3, 0.4) is 0 Å². The molecule has 5 rings (SSSR count). The molecule has 1 aliphatic rings. The van der Waals surface area contributed by atoms with Crippen LogP contribution in [0.4, 0.5) is 5.82 Å². The van der Waals surface area contributed by atoms with Crippen molar-refractivity contribution in [1.82, 2.24) is 24.4 Å². The second-order valence-electron chi connectivity index (χ2n) is 7.92. The SMILES string of the molecule is COc1ccc(CN2C[C@@H](CO)O[C@@H](n3cnc4c(NCc5ccco5)ncnc43)C2)cc1. The summed E-state index contributed by atoms with van der Waals surface area (Å²) in [5.41, 5.74) is 2.48. The quantitative estimate of drug-likeness (QED) is 0.418. The van der Waals surface area contributed by atoms with Crippen LogP contribution >= 0.6 is 0 Å². The summed E-state index contributed by atoms with van der Waals surface area (Å²) >= 11 is 0. The second-order valence-corrected chi connectivity index (χ2v) is 7.92. The van der Waals surface area contributed by atoms with E-state index in [-0.39, 0.29) is 18.9 Å². The Morgan fingerprint density at radius 1 is 1.15 bits per heavy atom. The monoisotopic (exact) mass is 450 g/mol. The first-order valence-electron chi connectivity index (χ1n) is 10.8. The number of anilines is 1. The molecule has 1 aliphatic heterocycles. The van der Waals surface area contributed by atoms with Gasteiger partial charge < -0.3 is 24.3 Å². The maximum Gasteiger partial charge on any atom is 0.167 e. The van der Waals surface area contributed by atoms with E-state index in [4.69, 9.17) is 13.9 Å². The standard InChI is InChI=1S/C23H26N6O4/c1-31-17-6-4-16(5-7-17)10-28-11-19(13-30)33-20(12-28)29-15-27-21-22(25-14-26-23(21)29)24-9-18-3-2-8-32-18/h2-8,14-15,19-20,30H,9-13H2,1H3,(H,24,25,26)/t19-,20+/m0/s1. The van der Waals surface area contributed by atoms with Gasteiger partial charge in [0.1, 0.15) is 24.1 Å². The van der Waals surface area contributed by atoms with Crippen molar-refractivity contribution in [3.63, 3.8) is 0 Å². The van der Waals surface area contributed by atoms with Crippen LogP contribution in [0.5, 0.6) is 5.75 Å². The summed E-state index contributed by atoms with van der Waals surface area (Å²) in [4.78, 5) is 15.6. The Bertz CT molecular complexity index is 1180. The average molecular weight is 450 g/mol. The third-order valence-electron chi connectivity index (χ3n) is 5.67. The van der Waals surface area contributed by atoms with Gasteiger partial charge in [0.2, 0.25) is 0 Å². The molecule has 1 fully saturated rings. The third kappa shape index (κ3) is 4.68. The molecule has 2 atom stereocenters. The Morgan fingerprint density at radius 2 is 2.03 bits per heavy atom. The van der Waals surface area contributed by atoms with E-state index in [1.54, 1.807) is 19.7 Å². The Labute approximate surface area is 190 Å². The average Bonchev–Trinajstić information content (AvgIpc) is 3.53. The predicted molar refractivity (Wildman–Crippen MR) is 121 cm³/mol. The number of nitrogens with one attached hydrogen (secondary N) is 1. The van der Waals surface area contributed by atoms with Crippen molar-refractivity contribution in [2.24, 2.45) is 0 Å². The lowest BCUT2D eigenvalue weighted by Gasteiger charge is -2.37. The number of benzene rings is 1. The van der Waals surface area contributed by atoms with Gasteiger partial charge in [0.25, 0.3) is 0 Å². The molecule has 1 saturated heterocycles.